The zero-order valence-corrected chi connectivity index (χ0v) is 24.6. The second-order valence-electron chi connectivity index (χ2n) is 10.5. The Balaban J connectivity index is 1.23. The maximum absolute atomic E-state index is 15.8. The monoisotopic (exact) mass is 692 g/mol. The van der Waals surface area contributed by atoms with Crippen molar-refractivity contribution in [2.75, 3.05) is 18.1 Å². The molecule has 0 saturated carbocycles. The standard InChI is InChI=1S/C21H24F2N10O11P2/c22-21(23)1-6-12(11(35)18(41-6)32-4-28-8-14(24)26-3-27-15(8)32)43-45(37)40-2-7-10(34)13(44-46(21,38)39)19(42-7)33-5-29-9-16(33)30-20(25)31-17(9)36/h3-7,10-13,18-19,34-35,37H,1-2H2,(H,38,39)(H2,24,26,27)(H3,25,30,31,36). The summed E-state index contributed by atoms with van der Waals surface area (Å²) in [6.07, 6.45) is -12.2. The van der Waals surface area contributed by atoms with Crippen LogP contribution in [0.1, 0.15) is 18.9 Å². The van der Waals surface area contributed by atoms with Crippen LogP contribution in [-0.2, 0) is 27.6 Å². The van der Waals surface area contributed by atoms with Crippen LogP contribution in [0.15, 0.2) is 23.8 Å². The highest BCUT2D eigenvalue weighted by molar-refractivity contribution is 7.54. The Morgan fingerprint density at radius 2 is 1.70 bits per heavy atom. The zero-order chi connectivity index (χ0) is 32.7. The molecule has 3 fully saturated rings. The van der Waals surface area contributed by atoms with Gasteiger partial charge in [-0.25, -0.2) is 19.9 Å². The minimum atomic E-state index is -6.06. The molecule has 7 heterocycles. The van der Waals surface area contributed by atoms with E-state index >= 15 is 8.78 Å². The minimum absolute atomic E-state index is 0.0145. The number of alkyl halides is 2. The molecule has 46 heavy (non-hydrogen) atoms. The van der Waals surface area contributed by atoms with Crippen LogP contribution in [-0.4, -0.2) is 108 Å². The van der Waals surface area contributed by atoms with Gasteiger partial charge >= 0.3 is 21.9 Å². The molecule has 9 N–H and O–H groups in total. The topological polar surface area (TPSA) is 303 Å². The number of aliphatic hydroxyl groups is 2. The lowest BCUT2D eigenvalue weighted by atomic mass is 10.1. The lowest BCUT2D eigenvalue weighted by Gasteiger charge is -2.30. The summed E-state index contributed by atoms with van der Waals surface area (Å²) in [5.41, 5.74) is 5.79. The van der Waals surface area contributed by atoms with E-state index in [1.54, 1.807) is 0 Å². The summed E-state index contributed by atoms with van der Waals surface area (Å²) in [4.78, 5) is 55.6. The van der Waals surface area contributed by atoms with Gasteiger partial charge in [0.2, 0.25) is 5.95 Å². The first-order valence-corrected chi connectivity index (χ1v) is 16.0. The van der Waals surface area contributed by atoms with Crippen molar-refractivity contribution in [3.8, 4) is 0 Å². The molecule has 10 atom stereocenters. The largest absolute Gasteiger partial charge is 0.397 e. The van der Waals surface area contributed by atoms with Crippen LogP contribution in [0.25, 0.3) is 22.3 Å². The molecular formula is C21H24F2N10O11P2. The van der Waals surface area contributed by atoms with Gasteiger partial charge in [-0.1, -0.05) is 0 Å². The number of nitrogens with one attached hydrogen (secondary N) is 1. The Bertz CT molecular complexity index is 1910. The van der Waals surface area contributed by atoms with E-state index in [0.717, 1.165) is 23.5 Å². The predicted molar refractivity (Wildman–Crippen MR) is 146 cm³/mol. The molecule has 3 aliphatic rings. The molecule has 4 aromatic heterocycles. The third-order valence-corrected chi connectivity index (χ3v) is 10.0. The molecule has 0 spiro atoms. The van der Waals surface area contributed by atoms with Gasteiger partial charge in [0, 0.05) is 0 Å². The third kappa shape index (κ3) is 5.04. The molecule has 248 valence electrons. The van der Waals surface area contributed by atoms with Gasteiger partial charge in [0.1, 0.15) is 42.4 Å². The van der Waals surface area contributed by atoms with Gasteiger partial charge in [0.15, 0.2) is 35.1 Å². The Morgan fingerprint density at radius 3 is 2.46 bits per heavy atom. The lowest BCUT2D eigenvalue weighted by Crippen LogP contribution is -2.38. The molecule has 0 aromatic carbocycles. The van der Waals surface area contributed by atoms with Crippen LogP contribution >= 0.6 is 16.2 Å². The fourth-order valence-electron chi connectivity index (χ4n) is 5.49. The van der Waals surface area contributed by atoms with Crippen molar-refractivity contribution >= 4 is 50.3 Å². The van der Waals surface area contributed by atoms with Crippen LogP contribution in [0.4, 0.5) is 20.5 Å². The van der Waals surface area contributed by atoms with E-state index in [0.29, 0.717) is 0 Å². The number of ether oxygens (including phenoxy) is 2. The Morgan fingerprint density at radius 1 is 1.00 bits per heavy atom. The number of imidazole rings is 2. The first kappa shape index (κ1) is 31.3. The average Bonchev–Trinajstić information content (AvgIpc) is 3.74. The van der Waals surface area contributed by atoms with Gasteiger partial charge in [-0.05, 0) is 0 Å². The highest BCUT2D eigenvalue weighted by Gasteiger charge is 2.61. The Labute approximate surface area is 254 Å². The van der Waals surface area contributed by atoms with Crippen molar-refractivity contribution in [1.82, 2.24) is 39.0 Å². The average molecular weight is 692 g/mol. The molecule has 21 nitrogen and oxygen atoms in total. The second-order valence-corrected chi connectivity index (χ2v) is 13.4. The number of nitrogen functional groups attached to an aromatic ring is 2. The normalized spacial score (nSPS) is 36.7. The number of aromatic amines is 1. The maximum atomic E-state index is 15.8. The van der Waals surface area contributed by atoms with Gasteiger partial charge in [0.25, 0.3) is 5.56 Å². The quantitative estimate of drug-likeness (QED) is 0.122. The molecule has 7 rings (SSSR count). The van der Waals surface area contributed by atoms with Crippen molar-refractivity contribution in [2.24, 2.45) is 0 Å². The molecule has 0 radical (unpaired) electrons. The summed E-state index contributed by atoms with van der Waals surface area (Å²) >= 11 is 0. The Hall–Kier alpha value is -3.34. The summed E-state index contributed by atoms with van der Waals surface area (Å²) < 4.78 is 74.3. The highest BCUT2D eigenvalue weighted by atomic mass is 31.2. The molecule has 0 aliphatic carbocycles. The van der Waals surface area contributed by atoms with Crippen molar-refractivity contribution in [2.45, 2.75) is 61.2 Å². The van der Waals surface area contributed by atoms with E-state index in [9.17, 15) is 29.4 Å². The number of nitrogens with two attached hydrogens (primary N) is 2. The van der Waals surface area contributed by atoms with Crippen LogP contribution in [0.2, 0.25) is 0 Å². The number of H-pyrrole nitrogens is 1. The molecule has 0 amide bonds. The van der Waals surface area contributed by atoms with Crippen LogP contribution < -0.4 is 17.0 Å². The fourth-order valence-corrected chi connectivity index (χ4v) is 7.42. The summed E-state index contributed by atoms with van der Waals surface area (Å²) in [5.74, 6) is -0.356. The predicted octanol–water partition coefficient (Wildman–Crippen LogP) is -1.17. The minimum Gasteiger partial charge on any atom is -0.387 e. The highest BCUT2D eigenvalue weighted by Crippen LogP contribution is 2.63. The van der Waals surface area contributed by atoms with Crippen LogP contribution in [0.5, 0.6) is 0 Å². The molecule has 3 aliphatic heterocycles. The maximum Gasteiger partial charge on any atom is 0.397 e. The van der Waals surface area contributed by atoms with Crippen molar-refractivity contribution in [3.63, 3.8) is 0 Å². The van der Waals surface area contributed by atoms with Crippen molar-refractivity contribution < 1.29 is 56.4 Å². The van der Waals surface area contributed by atoms with Crippen LogP contribution in [0, 0.1) is 0 Å². The van der Waals surface area contributed by atoms with Gasteiger partial charge in [-0.3, -0.25) is 28.0 Å². The molecule has 4 aromatic rings. The molecular weight excluding hydrogens is 668 g/mol. The molecule has 3 saturated heterocycles. The number of rotatable bonds is 2. The van der Waals surface area contributed by atoms with Gasteiger partial charge in [0.05, 0.1) is 31.8 Å². The molecule has 2 bridgehead atoms. The number of aliphatic hydroxyl groups excluding tert-OH is 2. The fraction of sp³-hybridized carbons (Fsp3) is 0.524. The van der Waals surface area contributed by atoms with E-state index in [2.05, 4.69) is 29.9 Å². The van der Waals surface area contributed by atoms with Gasteiger partial charge in [-0.15, -0.1) is 0 Å². The zero-order valence-electron chi connectivity index (χ0n) is 22.8. The number of fused-ring (bicyclic) bond motifs is 5. The van der Waals surface area contributed by atoms with Gasteiger partial charge in [-0.2, -0.15) is 13.8 Å². The number of aromatic nitrogens is 8. The Kier molecular flexibility index (Phi) is 7.57. The number of hydrogen-bond donors (Lipinski definition) is 7. The summed E-state index contributed by atoms with van der Waals surface area (Å²) in [7, 11) is -9.02. The van der Waals surface area contributed by atoms with Crippen molar-refractivity contribution in [1.29, 1.82) is 0 Å². The summed E-state index contributed by atoms with van der Waals surface area (Å²) in [6.45, 7) is -0.658. The number of nitrogens with zero attached hydrogens (tertiary/aromatic N) is 7. The second kappa shape index (κ2) is 11.1. The molecule has 10 unspecified atom stereocenters. The van der Waals surface area contributed by atoms with E-state index in [1.807, 2.05) is 0 Å². The van der Waals surface area contributed by atoms with Crippen molar-refractivity contribution in [3.05, 3.63) is 29.3 Å². The number of halogens is 2. The third-order valence-electron chi connectivity index (χ3n) is 7.69. The van der Waals surface area contributed by atoms with Crippen LogP contribution in [0.3, 0.4) is 0 Å². The summed E-state index contributed by atoms with van der Waals surface area (Å²) in [6, 6.07) is 0. The van der Waals surface area contributed by atoms with E-state index in [4.69, 9.17) is 34.5 Å². The van der Waals surface area contributed by atoms with E-state index in [1.165, 1.54) is 4.57 Å². The number of anilines is 2. The smallest absolute Gasteiger partial charge is 0.387 e. The van der Waals surface area contributed by atoms with E-state index in [-0.39, 0.29) is 34.1 Å². The summed E-state index contributed by atoms with van der Waals surface area (Å²) in [5, 5.41) is 22.1. The van der Waals surface area contributed by atoms with E-state index < -0.39 is 89.5 Å². The first-order chi connectivity index (χ1) is 21.8. The molecule has 25 heteroatoms. The first-order valence-electron chi connectivity index (χ1n) is 13.3. The number of hydrogen-bond acceptors (Lipinski definition) is 17. The van der Waals surface area contributed by atoms with Gasteiger partial charge < -0.3 is 50.0 Å². The SMILES string of the molecule is Nc1nc2c(ncn2C2OC3COP(O)OC4C(CC(F)(F)P(=O)(O)OC2C3O)OC(n2cnc3c(N)ncnc32)C4O)c(=O)[nH]1. The lowest BCUT2D eigenvalue weighted by molar-refractivity contribution is -0.0786.